The number of methoxy groups -OCH3 is 1. The van der Waals surface area contributed by atoms with E-state index >= 15 is 0 Å². The van der Waals surface area contributed by atoms with Crippen LogP contribution in [0.15, 0.2) is 41.1 Å². The fourth-order valence-electron chi connectivity index (χ4n) is 3.46. The number of carbonyl (C=O) groups is 2. The minimum absolute atomic E-state index is 0.0547. The van der Waals surface area contributed by atoms with Gasteiger partial charge >= 0.3 is 0 Å². The highest BCUT2D eigenvalue weighted by molar-refractivity contribution is 7.08. The zero-order valence-corrected chi connectivity index (χ0v) is 16.5. The first-order valence-electron chi connectivity index (χ1n) is 9.37. The van der Waals surface area contributed by atoms with Crippen molar-refractivity contribution in [2.45, 2.75) is 32.2 Å². The van der Waals surface area contributed by atoms with Crippen LogP contribution < -0.4 is 10.1 Å². The summed E-state index contributed by atoms with van der Waals surface area (Å²) in [7, 11) is 1.63. The van der Waals surface area contributed by atoms with Crippen molar-refractivity contribution in [3.63, 3.8) is 0 Å². The summed E-state index contributed by atoms with van der Waals surface area (Å²) < 4.78 is 5.20. The molecule has 0 radical (unpaired) electrons. The van der Waals surface area contributed by atoms with Crippen LogP contribution in [0.2, 0.25) is 0 Å². The molecule has 1 aromatic heterocycles. The van der Waals surface area contributed by atoms with Crippen LogP contribution in [0.4, 0.5) is 0 Å². The predicted octanol–water partition coefficient (Wildman–Crippen LogP) is 3.71. The molecule has 5 nitrogen and oxygen atoms in total. The zero-order valence-electron chi connectivity index (χ0n) is 15.6. The summed E-state index contributed by atoms with van der Waals surface area (Å²) in [4.78, 5) is 26.6. The van der Waals surface area contributed by atoms with Crippen LogP contribution in [0, 0.1) is 5.92 Å². The van der Waals surface area contributed by atoms with Gasteiger partial charge in [-0.2, -0.15) is 11.3 Å². The van der Waals surface area contributed by atoms with Gasteiger partial charge in [0.2, 0.25) is 5.91 Å². The van der Waals surface area contributed by atoms with Crippen LogP contribution >= 0.6 is 11.3 Å². The molecule has 1 aliphatic rings. The van der Waals surface area contributed by atoms with E-state index in [4.69, 9.17) is 4.74 Å². The molecule has 1 fully saturated rings. The van der Waals surface area contributed by atoms with Gasteiger partial charge in [-0.25, -0.2) is 0 Å². The summed E-state index contributed by atoms with van der Waals surface area (Å²) in [6.07, 6.45) is 3.40. The summed E-state index contributed by atoms with van der Waals surface area (Å²) in [6.45, 7) is 2.06. The van der Waals surface area contributed by atoms with Crippen LogP contribution in [0.25, 0.3) is 0 Å². The lowest BCUT2D eigenvalue weighted by Crippen LogP contribution is -2.40. The van der Waals surface area contributed by atoms with Crippen molar-refractivity contribution in [3.05, 3.63) is 52.2 Å². The third kappa shape index (κ3) is 5.57. The van der Waals surface area contributed by atoms with Gasteiger partial charge in [0.15, 0.2) is 0 Å². The van der Waals surface area contributed by atoms with Gasteiger partial charge in [0.1, 0.15) is 5.75 Å². The van der Waals surface area contributed by atoms with E-state index in [1.165, 1.54) is 0 Å². The molecule has 1 saturated heterocycles. The monoisotopic (exact) mass is 386 g/mol. The van der Waals surface area contributed by atoms with Crippen LogP contribution in [-0.4, -0.2) is 36.9 Å². The Balaban J connectivity index is 1.42. The Kier molecular flexibility index (Phi) is 6.87. The second-order valence-corrected chi connectivity index (χ2v) is 7.72. The molecule has 1 N–H and O–H groups in total. The van der Waals surface area contributed by atoms with Crippen LogP contribution in [0.3, 0.4) is 0 Å². The minimum atomic E-state index is 0.0547. The Morgan fingerprint density at radius 1 is 1.33 bits per heavy atom. The topological polar surface area (TPSA) is 58.6 Å². The normalized spacial score (nSPS) is 16.8. The SMILES string of the molecule is COc1cccc(CNC(=O)CCC2CCCN(C(=O)c3ccsc3)C2)c1. The van der Waals surface area contributed by atoms with E-state index in [1.54, 1.807) is 18.4 Å². The molecule has 0 saturated carbocycles. The summed E-state index contributed by atoms with van der Waals surface area (Å²) in [6, 6.07) is 9.58. The van der Waals surface area contributed by atoms with E-state index in [9.17, 15) is 9.59 Å². The van der Waals surface area contributed by atoms with Crippen LogP contribution in [0.1, 0.15) is 41.6 Å². The molecule has 2 aromatic rings. The molecule has 0 spiro atoms. The van der Waals surface area contributed by atoms with E-state index in [-0.39, 0.29) is 11.8 Å². The molecule has 144 valence electrons. The number of thiophene rings is 1. The third-order valence-electron chi connectivity index (χ3n) is 4.98. The second kappa shape index (κ2) is 9.55. The summed E-state index contributed by atoms with van der Waals surface area (Å²) in [5.74, 6) is 1.35. The quantitative estimate of drug-likeness (QED) is 0.789. The fourth-order valence-corrected chi connectivity index (χ4v) is 4.09. The first kappa shape index (κ1) is 19.4. The first-order valence-corrected chi connectivity index (χ1v) is 10.3. The van der Waals surface area contributed by atoms with E-state index < -0.39 is 0 Å². The van der Waals surface area contributed by atoms with Crippen molar-refractivity contribution in [2.24, 2.45) is 5.92 Å². The highest BCUT2D eigenvalue weighted by Gasteiger charge is 2.25. The van der Waals surface area contributed by atoms with Crippen molar-refractivity contribution in [1.29, 1.82) is 0 Å². The average Bonchev–Trinajstić information content (AvgIpc) is 3.25. The number of hydrogen-bond donors (Lipinski definition) is 1. The molecule has 6 heteroatoms. The maximum absolute atomic E-state index is 12.5. The van der Waals surface area contributed by atoms with Gasteiger partial charge in [-0.3, -0.25) is 9.59 Å². The molecule has 3 rings (SSSR count). The third-order valence-corrected chi connectivity index (χ3v) is 5.66. The second-order valence-electron chi connectivity index (χ2n) is 6.94. The predicted molar refractivity (Wildman–Crippen MR) is 107 cm³/mol. The maximum atomic E-state index is 12.5. The number of amides is 2. The van der Waals surface area contributed by atoms with E-state index in [1.807, 2.05) is 46.0 Å². The molecular formula is C21H26N2O3S. The first-order chi connectivity index (χ1) is 13.2. The van der Waals surface area contributed by atoms with Crippen molar-refractivity contribution in [2.75, 3.05) is 20.2 Å². The van der Waals surface area contributed by atoms with Gasteiger partial charge in [-0.1, -0.05) is 12.1 Å². The number of benzene rings is 1. The van der Waals surface area contributed by atoms with Crippen molar-refractivity contribution in [3.8, 4) is 5.75 Å². The molecule has 2 heterocycles. The maximum Gasteiger partial charge on any atom is 0.254 e. The largest absolute Gasteiger partial charge is 0.497 e. The number of carbonyl (C=O) groups excluding carboxylic acids is 2. The van der Waals surface area contributed by atoms with E-state index in [0.29, 0.717) is 18.9 Å². The summed E-state index contributed by atoms with van der Waals surface area (Å²) in [5, 5.41) is 6.81. The molecule has 27 heavy (non-hydrogen) atoms. The van der Waals surface area contributed by atoms with Gasteiger partial charge in [0.25, 0.3) is 5.91 Å². The molecular weight excluding hydrogens is 360 g/mol. The van der Waals surface area contributed by atoms with Gasteiger partial charge < -0.3 is 15.0 Å². The Labute approximate surface area is 164 Å². The standard InChI is InChI=1S/C21H26N2O3S/c1-26-19-6-2-4-17(12-19)13-22-20(24)8-7-16-5-3-10-23(14-16)21(25)18-9-11-27-15-18/h2,4,6,9,11-12,15-16H,3,5,7-8,10,13-14H2,1H3,(H,22,24). The zero-order chi connectivity index (χ0) is 19.1. The molecule has 1 atom stereocenters. The molecule has 1 aliphatic heterocycles. The number of hydrogen-bond acceptors (Lipinski definition) is 4. The molecule has 1 aromatic carbocycles. The lowest BCUT2D eigenvalue weighted by atomic mass is 9.93. The Hall–Kier alpha value is -2.34. The highest BCUT2D eigenvalue weighted by atomic mass is 32.1. The average molecular weight is 387 g/mol. The molecule has 1 unspecified atom stereocenters. The number of nitrogens with one attached hydrogen (secondary N) is 1. The van der Waals surface area contributed by atoms with Crippen molar-refractivity contribution in [1.82, 2.24) is 10.2 Å². The highest BCUT2D eigenvalue weighted by Crippen LogP contribution is 2.23. The number of piperidine rings is 1. The summed E-state index contributed by atoms with van der Waals surface area (Å²) in [5.41, 5.74) is 1.80. The number of likely N-dealkylation sites (tertiary alicyclic amines) is 1. The Morgan fingerprint density at radius 3 is 3.00 bits per heavy atom. The molecule has 2 amide bonds. The van der Waals surface area contributed by atoms with Gasteiger partial charge in [-0.15, -0.1) is 0 Å². The van der Waals surface area contributed by atoms with Gasteiger partial charge in [-0.05, 0) is 54.3 Å². The smallest absolute Gasteiger partial charge is 0.254 e. The van der Waals surface area contributed by atoms with E-state index in [0.717, 1.165) is 49.2 Å². The lowest BCUT2D eigenvalue weighted by molar-refractivity contribution is -0.121. The van der Waals surface area contributed by atoms with E-state index in [2.05, 4.69) is 5.32 Å². The van der Waals surface area contributed by atoms with Gasteiger partial charge in [0, 0.05) is 31.4 Å². The lowest BCUT2D eigenvalue weighted by Gasteiger charge is -2.32. The Morgan fingerprint density at radius 2 is 2.22 bits per heavy atom. The van der Waals surface area contributed by atoms with Crippen molar-refractivity contribution >= 4 is 23.2 Å². The summed E-state index contributed by atoms with van der Waals surface area (Å²) >= 11 is 1.54. The Bertz CT molecular complexity index is 761. The number of nitrogens with zero attached hydrogens (tertiary/aromatic N) is 1. The number of ether oxygens (including phenoxy) is 1. The van der Waals surface area contributed by atoms with Crippen LogP contribution in [-0.2, 0) is 11.3 Å². The number of rotatable bonds is 7. The molecule has 0 bridgehead atoms. The van der Waals surface area contributed by atoms with Crippen LogP contribution in [0.5, 0.6) is 5.75 Å². The fraction of sp³-hybridized carbons (Fsp3) is 0.429. The van der Waals surface area contributed by atoms with Gasteiger partial charge in [0.05, 0.1) is 12.7 Å². The van der Waals surface area contributed by atoms with Crippen molar-refractivity contribution < 1.29 is 14.3 Å². The molecule has 0 aliphatic carbocycles. The minimum Gasteiger partial charge on any atom is -0.497 e.